The first-order chi connectivity index (χ1) is 11.2. The lowest BCUT2D eigenvalue weighted by atomic mass is 10.1. The molecule has 0 aliphatic heterocycles. The number of hydrogen-bond donors (Lipinski definition) is 2. The van der Waals surface area contributed by atoms with Crippen LogP contribution in [0.3, 0.4) is 0 Å². The summed E-state index contributed by atoms with van der Waals surface area (Å²) < 4.78 is 4.93. The van der Waals surface area contributed by atoms with E-state index >= 15 is 0 Å². The smallest absolute Gasteiger partial charge is 0.321 e. The second kappa shape index (κ2) is 9.17. The molecule has 1 atom stereocenters. The Bertz CT molecular complexity index is 638. The first-order valence-corrected chi connectivity index (χ1v) is 8.44. The number of amides is 3. The van der Waals surface area contributed by atoms with Gasteiger partial charge in [0.05, 0.1) is 6.42 Å². The van der Waals surface area contributed by atoms with Gasteiger partial charge in [0.15, 0.2) is 11.9 Å². The first kappa shape index (κ1) is 19.8. The van der Waals surface area contributed by atoms with Gasteiger partial charge < -0.3 is 10.1 Å². The molecule has 0 fully saturated rings. The van der Waals surface area contributed by atoms with E-state index in [9.17, 15) is 19.2 Å². The van der Waals surface area contributed by atoms with Crippen molar-refractivity contribution in [1.82, 2.24) is 10.6 Å². The van der Waals surface area contributed by atoms with E-state index in [4.69, 9.17) is 4.74 Å². The molecule has 0 aromatic carbocycles. The zero-order valence-corrected chi connectivity index (χ0v) is 15.0. The highest BCUT2D eigenvalue weighted by atomic mass is 32.1. The number of thiophene rings is 1. The highest BCUT2D eigenvalue weighted by Gasteiger charge is 2.21. The van der Waals surface area contributed by atoms with Gasteiger partial charge in [-0.1, -0.05) is 0 Å². The third-order valence-corrected chi connectivity index (χ3v) is 4.12. The second-order valence-electron chi connectivity index (χ2n) is 5.23. The van der Waals surface area contributed by atoms with E-state index in [0.29, 0.717) is 12.1 Å². The van der Waals surface area contributed by atoms with Crippen molar-refractivity contribution in [3.63, 3.8) is 0 Å². The fraction of sp³-hybridized carbons (Fsp3) is 0.500. The van der Waals surface area contributed by atoms with Gasteiger partial charge >= 0.3 is 12.0 Å². The Morgan fingerprint density at radius 3 is 2.42 bits per heavy atom. The molecular weight excluding hydrogens is 332 g/mol. The van der Waals surface area contributed by atoms with Gasteiger partial charge in [0.1, 0.15) is 0 Å². The van der Waals surface area contributed by atoms with E-state index in [1.807, 2.05) is 13.8 Å². The van der Waals surface area contributed by atoms with Gasteiger partial charge in [-0.2, -0.15) is 0 Å². The maximum Gasteiger partial charge on any atom is 0.321 e. The summed E-state index contributed by atoms with van der Waals surface area (Å²) in [6, 6.07) is 1.15. The van der Waals surface area contributed by atoms with E-state index < -0.39 is 24.0 Å². The molecule has 0 aliphatic carbocycles. The highest BCUT2D eigenvalue weighted by Crippen LogP contribution is 2.22. The summed E-state index contributed by atoms with van der Waals surface area (Å²) in [5.74, 6) is -1.51. The Balaban J connectivity index is 2.43. The number of ketones is 1. The zero-order valence-electron chi connectivity index (χ0n) is 14.2. The molecule has 7 nitrogen and oxygen atoms in total. The summed E-state index contributed by atoms with van der Waals surface area (Å²) in [7, 11) is 0. The second-order valence-corrected chi connectivity index (χ2v) is 6.69. The number of carbonyl (C=O) groups excluding carboxylic acids is 4. The molecule has 1 aromatic rings. The highest BCUT2D eigenvalue weighted by molar-refractivity contribution is 7.12. The number of nitrogens with one attached hydrogen (secondary N) is 2. The number of ether oxygens (including phenoxy) is 1. The van der Waals surface area contributed by atoms with E-state index in [0.717, 1.165) is 9.75 Å². The molecule has 0 saturated heterocycles. The predicted octanol–water partition coefficient (Wildman–Crippen LogP) is 2.11. The van der Waals surface area contributed by atoms with E-state index in [2.05, 4.69) is 10.6 Å². The van der Waals surface area contributed by atoms with Gasteiger partial charge in [0.25, 0.3) is 5.91 Å². The number of esters is 1. The molecule has 0 radical (unpaired) electrons. The average Bonchev–Trinajstić information content (AvgIpc) is 2.83. The van der Waals surface area contributed by atoms with Gasteiger partial charge in [0, 0.05) is 28.3 Å². The molecule has 0 spiro atoms. The number of hydrogen-bond acceptors (Lipinski definition) is 6. The van der Waals surface area contributed by atoms with Crippen molar-refractivity contribution in [3.8, 4) is 0 Å². The Hall–Kier alpha value is -2.22. The standard InChI is InChI=1S/C16H22N2O5S/c1-5-17-16(22)18-15(21)10(3)23-14(20)7-6-13(19)12-8-9(2)24-11(12)4/h8,10H,5-7H2,1-4H3,(H2,17,18,21,22). The topological polar surface area (TPSA) is 102 Å². The first-order valence-electron chi connectivity index (χ1n) is 7.63. The van der Waals surface area contributed by atoms with Crippen LogP contribution in [0.25, 0.3) is 0 Å². The van der Waals surface area contributed by atoms with Crippen LogP contribution in [0.5, 0.6) is 0 Å². The van der Waals surface area contributed by atoms with Gasteiger partial charge in [0.2, 0.25) is 0 Å². The van der Waals surface area contributed by atoms with E-state index in [-0.39, 0.29) is 18.6 Å². The minimum absolute atomic E-state index is 0.0144. The number of aryl methyl sites for hydroxylation is 2. The molecule has 3 amide bonds. The largest absolute Gasteiger partial charge is 0.453 e. The summed E-state index contributed by atoms with van der Waals surface area (Å²) in [6.07, 6.45) is -1.22. The third kappa shape index (κ3) is 6.11. The maximum absolute atomic E-state index is 12.1. The molecular formula is C16H22N2O5S. The van der Waals surface area contributed by atoms with Gasteiger partial charge in [-0.25, -0.2) is 4.79 Å². The molecule has 24 heavy (non-hydrogen) atoms. The van der Waals surface area contributed by atoms with Crippen LogP contribution in [0.2, 0.25) is 0 Å². The monoisotopic (exact) mass is 354 g/mol. The van der Waals surface area contributed by atoms with Crippen LogP contribution in [0, 0.1) is 13.8 Å². The van der Waals surface area contributed by atoms with Crippen LogP contribution in [-0.2, 0) is 14.3 Å². The summed E-state index contributed by atoms with van der Waals surface area (Å²) in [5, 5.41) is 4.45. The van der Waals surface area contributed by atoms with Crippen molar-refractivity contribution in [2.24, 2.45) is 0 Å². The van der Waals surface area contributed by atoms with Crippen molar-refractivity contribution in [2.75, 3.05) is 6.54 Å². The normalized spacial score (nSPS) is 11.5. The molecule has 1 aromatic heterocycles. The lowest BCUT2D eigenvalue weighted by Crippen LogP contribution is -2.44. The molecule has 0 aliphatic rings. The SMILES string of the molecule is CCNC(=O)NC(=O)C(C)OC(=O)CCC(=O)c1cc(C)sc1C. The molecule has 2 N–H and O–H groups in total. The third-order valence-electron chi connectivity index (χ3n) is 3.15. The van der Waals surface area contributed by atoms with Crippen LogP contribution in [0.4, 0.5) is 4.79 Å². The number of urea groups is 1. The zero-order chi connectivity index (χ0) is 18.3. The van der Waals surface area contributed by atoms with Gasteiger partial charge in [-0.3, -0.25) is 19.7 Å². The molecule has 8 heteroatoms. The van der Waals surface area contributed by atoms with Crippen molar-refractivity contribution < 1.29 is 23.9 Å². The maximum atomic E-state index is 12.1. The molecule has 1 rings (SSSR count). The minimum atomic E-state index is -1.11. The van der Waals surface area contributed by atoms with Crippen molar-refractivity contribution >= 4 is 35.0 Å². The van der Waals surface area contributed by atoms with Crippen molar-refractivity contribution in [1.29, 1.82) is 0 Å². The Morgan fingerprint density at radius 2 is 1.88 bits per heavy atom. The summed E-state index contributed by atoms with van der Waals surface area (Å²) >= 11 is 1.53. The van der Waals surface area contributed by atoms with Gasteiger partial charge in [-0.15, -0.1) is 11.3 Å². The minimum Gasteiger partial charge on any atom is -0.453 e. The molecule has 1 heterocycles. The van der Waals surface area contributed by atoms with E-state index in [1.165, 1.54) is 18.3 Å². The van der Waals surface area contributed by atoms with Crippen LogP contribution < -0.4 is 10.6 Å². The summed E-state index contributed by atoms with van der Waals surface area (Å²) in [5.41, 5.74) is 0.618. The lowest BCUT2D eigenvalue weighted by Gasteiger charge is -2.12. The molecule has 132 valence electrons. The molecule has 0 saturated carbocycles. The fourth-order valence-electron chi connectivity index (χ4n) is 1.99. The predicted molar refractivity (Wildman–Crippen MR) is 90.1 cm³/mol. The Labute approximate surface area is 144 Å². The van der Waals surface area contributed by atoms with Crippen LogP contribution in [0.15, 0.2) is 6.07 Å². The number of Topliss-reactive ketones (excluding diaryl/α,β-unsaturated/α-hetero) is 1. The lowest BCUT2D eigenvalue weighted by molar-refractivity contribution is -0.154. The molecule has 0 bridgehead atoms. The number of rotatable bonds is 7. The number of carbonyl (C=O) groups is 4. The summed E-state index contributed by atoms with van der Waals surface area (Å²) in [6.45, 7) is 7.22. The quantitative estimate of drug-likeness (QED) is 0.577. The molecule has 1 unspecified atom stereocenters. The van der Waals surface area contributed by atoms with Crippen LogP contribution in [-0.4, -0.2) is 36.3 Å². The fourth-order valence-corrected chi connectivity index (χ4v) is 2.93. The van der Waals surface area contributed by atoms with Crippen LogP contribution >= 0.6 is 11.3 Å². The Morgan fingerprint density at radius 1 is 1.21 bits per heavy atom. The summed E-state index contributed by atoms with van der Waals surface area (Å²) in [4.78, 5) is 48.7. The van der Waals surface area contributed by atoms with Gasteiger partial charge in [-0.05, 0) is 33.8 Å². The van der Waals surface area contributed by atoms with Crippen molar-refractivity contribution in [2.45, 2.75) is 46.6 Å². The Kier molecular flexibility index (Phi) is 7.57. The average molecular weight is 354 g/mol. The number of imide groups is 1. The van der Waals surface area contributed by atoms with Crippen LogP contribution in [0.1, 0.15) is 46.8 Å². The van der Waals surface area contributed by atoms with E-state index in [1.54, 1.807) is 13.0 Å². The van der Waals surface area contributed by atoms with Crippen molar-refractivity contribution in [3.05, 3.63) is 21.4 Å².